The predicted octanol–water partition coefficient (Wildman–Crippen LogP) is 2.97. The lowest BCUT2D eigenvalue weighted by Crippen LogP contribution is -2.12. The average molecular weight is 312 g/mol. The Hall–Kier alpha value is -1.14. The molecule has 0 spiro atoms. The lowest BCUT2D eigenvalue weighted by Gasteiger charge is -1.98. The summed E-state index contributed by atoms with van der Waals surface area (Å²) in [4.78, 5) is 20.5. The van der Waals surface area contributed by atoms with Gasteiger partial charge in [0, 0.05) is 15.5 Å². The molecular weight excluding hydrogens is 302 g/mol. The minimum Gasteiger partial charge on any atom is -0.356 e. The fourth-order valence-corrected chi connectivity index (χ4v) is 3.30. The molecule has 0 aromatic carbocycles. The molecule has 1 amide bonds. The van der Waals surface area contributed by atoms with E-state index in [0.29, 0.717) is 10.8 Å². The number of amides is 1. The topological polar surface area (TPSA) is 57.8 Å². The summed E-state index contributed by atoms with van der Waals surface area (Å²) in [7, 11) is 0. The molecule has 1 aliphatic rings. The number of carbonyl (C=O) groups is 1. The number of aromatic amines is 1. The summed E-state index contributed by atoms with van der Waals surface area (Å²) in [6.07, 6.45) is 5.05. The number of halogens is 1. The molecule has 0 radical (unpaired) electrons. The molecule has 17 heavy (non-hydrogen) atoms. The number of aryl methyl sites for hydroxylation is 2. The van der Waals surface area contributed by atoms with Gasteiger partial charge in [-0.05, 0) is 41.3 Å². The van der Waals surface area contributed by atoms with E-state index in [1.165, 1.54) is 11.3 Å². The maximum Gasteiger partial charge on any atom is 0.273 e. The number of aromatic nitrogens is 2. The van der Waals surface area contributed by atoms with Crippen molar-refractivity contribution in [2.45, 2.75) is 19.3 Å². The van der Waals surface area contributed by atoms with Gasteiger partial charge in [0.25, 0.3) is 5.91 Å². The van der Waals surface area contributed by atoms with E-state index in [4.69, 9.17) is 0 Å². The van der Waals surface area contributed by atoms with Gasteiger partial charge < -0.3 is 4.98 Å². The Morgan fingerprint density at radius 2 is 2.41 bits per heavy atom. The highest BCUT2D eigenvalue weighted by Crippen LogP contribution is 2.30. The third kappa shape index (κ3) is 2.14. The van der Waals surface area contributed by atoms with Crippen LogP contribution in [0, 0.1) is 0 Å². The maximum atomic E-state index is 11.9. The van der Waals surface area contributed by atoms with Gasteiger partial charge in [-0.25, -0.2) is 4.98 Å². The maximum absolute atomic E-state index is 11.9. The van der Waals surface area contributed by atoms with Gasteiger partial charge in [0.1, 0.15) is 5.69 Å². The van der Waals surface area contributed by atoms with Crippen molar-refractivity contribution in [3.63, 3.8) is 0 Å². The van der Waals surface area contributed by atoms with Crippen molar-refractivity contribution in [2.75, 3.05) is 5.32 Å². The first-order valence-electron chi connectivity index (χ1n) is 5.36. The largest absolute Gasteiger partial charge is 0.356 e. The van der Waals surface area contributed by atoms with Crippen molar-refractivity contribution < 1.29 is 4.79 Å². The molecule has 0 saturated heterocycles. The van der Waals surface area contributed by atoms with Gasteiger partial charge in [-0.2, -0.15) is 0 Å². The molecule has 0 saturated carbocycles. The molecule has 6 heteroatoms. The molecule has 0 fully saturated rings. The number of hydrogen-bond acceptors (Lipinski definition) is 3. The normalized spacial score (nSPS) is 13.7. The fourth-order valence-electron chi connectivity index (χ4n) is 1.91. The second-order valence-corrected chi connectivity index (χ2v) is 5.93. The van der Waals surface area contributed by atoms with Crippen LogP contribution in [0.5, 0.6) is 0 Å². The van der Waals surface area contributed by atoms with Crippen LogP contribution in [0.1, 0.15) is 27.5 Å². The zero-order chi connectivity index (χ0) is 11.8. The van der Waals surface area contributed by atoms with Crippen LogP contribution in [0.3, 0.4) is 0 Å². The quantitative estimate of drug-likeness (QED) is 0.895. The molecule has 4 nitrogen and oxygen atoms in total. The van der Waals surface area contributed by atoms with Crippen molar-refractivity contribution >= 4 is 38.3 Å². The van der Waals surface area contributed by atoms with E-state index in [1.54, 1.807) is 23.6 Å². The van der Waals surface area contributed by atoms with Crippen LogP contribution in [-0.2, 0) is 12.8 Å². The van der Waals surface area contributed by atoms with E-state index in [1.807, 2.05) is 0 Å². The van der Waals surface area contributed by atoms with E-state index >= 15 is 0 Å². The first-order chi connectivity index (χ1) is 8.22. The van der Waals surface area contributed by atoms with Gasteiger partial charge in [-0.3, -0.25) is 10.1 Å². The zero-order valence-electron chi connectivity index (χ0n) is 8.92. The lowest BCUT2D eigenvalue weighted by molar-refractivity contribution is 0.102. The van der Waals surface area contributed by atoms with Crippen molar-refractivity contribution in [3.05, 3.63) is 33.0 Å². The SMILES string of the molecule is O=C(Nc1nc2c(s1)CCC2)c1cc(Br)c[nH]1. The van der Waals surface area contributed by atoms with Crippen molar-refractivity contribution in [1.29, 1.82) is 0 Å². The molecule has 0 atom stereocenters. The van der Waals surface area contributed by atoms with Gasteiger partial charge >= 0.3 is 0 Å². The molecule has 0 bridgehead atoms. The van der Waals surface area contributed by atoms with Crippen LogP contribution in [0.2, 0.25) is 0 Å². The Bertz CT molecular complexity index is 554. The summed E-state index contributed by atoms with van der Waals surface area (Å²) in [5.41, 5.74) is 1.69. The number of fused-ring (bicyclic) bond motifs is 1. The molecule has 0 aliphatic heterocycles. The van der Waals surface area contributed by atoms with Gasteiger partial charge in [0.2, 0.25) is 0 Å². The van der Waals surface area contributed by atoms with Gasteiger partial charge in [0.15, 0.2) is 5.13 Å². The molecule has 3 rings (SSSR count). The highest BCUT2D eigenvalue weighted by molar-refractivity contribution is 9.10. The summed E-state index contributed by atoms with van der Waals surface area (Å²) >= 11 is 4.88. The van der Waals surface area contributed by atoms with Crippen LogP contribution >= 0.6 is 27.3 Å². The number of nitrogens with zero attached hydrogens (tertiary/aromatic N) is 1. The Morgan fingerprint density at radius 1 is 1.53 bits per heavy atom. The first kappa shape index (κ1) is 11.0. The summed E-state index contributed by atoms with van der Waals surface area (Å²) in [6, 6.07) is 1.75. The molecule has 88 valence electrons. The Labute approximate surface area is 111 Å². The number of anilines is 1. The lowest BCUT2D eigenvalue weighted by atomic mass is 10.4. The van der Waals surface area contributed by atoms with Gasteiger partial charge in [-0.15, -0.1) is 11.3 Å². The number of H-pyrrole nitrogens is 1. The minimum absolute atomic E-state index is 0.150. The summed E-state index contributed by atoms with van der Waals surface area (Å²) in [5, 5.41) is 3.52. The van der Waals surface area contributed by atoms with Crippen molar-refractivity contribution in [3.8, 4) is 0 Å². The highest BCUT2D eigenvalue weighted by atomic mass is 79.9. The van der Waals surface area contributed by atoms with Crippen molar-refractivity contribution in [1.82, 2.24) is 9.97 Å². The van der Waals surface area contributed by atoms with Gasteiger partial charge in [0.05, 0.1) is 5.69 Å². The number of rotatable bonds is 2. The minimum atomic E-state index is -0.150. The fraction of sp³-hybridized carbons (Fsp3) is 0.273. The number of thiazole rings is 1. The van der Waals surface area contributed by atoms with Crippen LogP contribution < -0.4 is 5.32 Å². The summed E-state index contributed by atoms with van der Waals surface area (Å²) < 4.78 is 0.865. The molecule has 2 aromatic heterocycles. The van der Waals surface area contributed by atoms with Gasteiger partial charge in [-0.1, -0.05) is 0 Å². The monoisotopic (exact) mass is 311 g/mol. The number of nitrogens with one attached hydrogen (secondary N) is 2. The van der Waals surface area contributed by atoms with Crippen LogP contribution in [0.4, 0.5) is 5.13 Å². The molecular formula is C11H10BrN3OS. The summed E-state index contributed by atoms with van der Waals surface area (Å²) in [5.74, 6) is -0.150. The predicted molar refractivity (Wildman–Crippen MR) is 70.6 cm³/mol. The van der Waals surface area contributed by atoms with Crippen LogP contribution in [0.25, 0.3) is 0 Å². The first-order valence-corrected chi connectivity index (χ1v) is 6.97. The molecule has 2 heterocycles. The molecule has 2 aromatic rings. The third-order valence-electron chi connectivity index (χ3n) is 2.71. The van der Waals surface area contributed by atoms with E-state index < -0.39 is 0 Å². The average Bonchev–Trinajstić information content (AvgIpc) is 2.92. The Balaban J connectivity index is 1.76. The Morgan fingerprint density at radius 3 is 3.12 bits per heavy atom. The Kier molecular flexibility index (Phi) is 2.76. The second-order valence-electron chi connectivity index (χ2n) is 3.93. The highest BCUT2D eigenvalue weighted by Gasteiger charge is 2.18. The molecule has 0 unspecified atom stereocenters. The van der Waals surface area contributed by atoms with E-state index in [2.05, 4.69) is 31.2 Å². The third-order valence-corrected chi connectivity index (χ3v) is 4.24. The standard InChI is InChI=1S/C11H10BrN3OS/c12-6-4-8(13-5-6)10(16)15-11-14-7-2-1-3-9(7)17-11/h4-5,13H,1-3H2,(H,14,15,16). The van der Waals surface area contributed by atoms with Crippen LogP contribution in [0.15, 0.2) is 16.7 Å². The van der Waals surface area contributed by atoms with Crippen molar-refractivity contribution in [2.24, 2.45) is 0 Å². The molecule has 1 aliphatic carbocycles. The van der Waals surface area contributed by atoms with E-state index in [-0.39, 0.29) is 5.91 Å². The summed E-state index contributed by atoms with van der Waals surface area (Å²) in [6.45, 7) is 0. The second kappa shape index (κ2) is 4.27. The number of carbonyl (C=O) groups excluding carboxylic acids is 1. The molecule has 2 N–H and O–H groups in total. The smallest absolute Gasteiger partial charge is 0.273 e. The number of hydrogen-bond donors (Lipinski definition) is 2. The van der Waals surface area contributed by atoms with E-state index in [9.17, 15) is 4.79 Å². The van der Waals surface area contributed by atoms with Crippen LogP contribution in [-0.4, -0.2) is 15.9 Å². The van der Waals surface area contributed by atoms with E-state index in [0.717, 1.165) is 23.0 Å². The zero-order valence-corrected chi connectivity index (χ0v) is 11.3.